The zero-order valence-corrected chi connectivity index (χ0v) is 34.5. The summed E-state index contributed by atoms with van der Waals surface area (Å²) in [4.78, 5) is 51.2. The van der Waals surface area contributed by atoms with Crippen LogP contribution in [0.1, 0.15) is 233 Å². The molecular formula is C44H82O8. The van der Waals surface area contributed by atoms with Crippen LogP contribution in [-0.4, -0.2) is 49.3 Å². The molecule has 0 amide bonds. The van der Waals surface area contributed by atoms with Gasteiger partial charge in [0.1, 0.15) is 0 Å². The summed E-state index contributed by atoms with van der Waals surface area (Å²) in [5.74, 6) is -3.10. The number of ether oxygens (including phenoxy) is 4. The third kappa shape index (κ3) is 31.4. The molecule has 0 saturated carbocycles. The number of rotatable bonds is 39. The van der Waals surface area contributed by atoms with Crippen molar-refractivity contribution < 1.29 is 38.1 Å². The van der Waals surface area contributed by atoms with Crippen molar-refractivity contribution in [1.82, 2.24) is 0 Å². The first-order valence-corrected chi connectivity index (χ1v) is 22.1. The van der Waals surface area contributed by atoms with Crippen molar-refractivity contribution in [3.8, 4) is 0 Å². The van der Waals surface area contributed by atoms with Crippen LogP contribution >= 0.6 is 0 Å². The van der Waals surface area contributed by atoms with Gasteiger partial charge in [-0.3, -0.25) is 9.59 Å². The average molecular weight is 739 g/mol. The normalized spacial score (nSPS) is 12.3. The first-order chi connectivity index (χ1) is 25.4. The number of hydrogen-bond donors (Lipinski definition) is 0. The molecule has 0 aromatic carbocycles. The van der Waals surface area contributed by atoms with Crippen molar-refractivity contribution in [2.24, 2.45) is 0 Å². The molecule has 2 atom stereocenters. The first-order valence-electron chi connectivity index (χ1n) is 22.1. The molecule has 0 aromatic rings. The quantitative estimate of drug-likeness (QED) is 0.0349. The summed E-state index contributed by atoms with van der Waals surface area (Å²) in [6, 6.07) is 0. The molecule has 0 heterocycles. The highest BCUT2D eigenvalue weighted by atomic mass is 16.6. The summed E-state index contributed by atoms with van der Waals surface area (Å²) in [5, 5.41) is 0. The van der Waals surface area contributed by atoms with E-state index in [4.69, 9.17) is 18.9 Å². The molecule has 2 unspecified atom stereocenters. The molecule has 0 spiro atoms. The summed E-state index contributed by atoms with van der Waals surface area (Å²) in [6.07, 6.45) is 33.3. The standard InChI is InChI=1S/C44H82O8/c1-5-9-11-13-15-17-19-21-23-25-27-29-31-33-35-37-39(45)51-41(43(47)49-7-3)42(44(48)50-8-4)52-40(46)38-36-34-32-30-28-26-24-22-20-18-16-14-12-10-6-2/h41-42H,5-38H2,1-4H3. The van der Waals surface area contributed by atoms with Gasteiger partial charge in [0.2, 0.25) is 12.2 Å². The Balaban J connectivity index is 4.41. The Bertz CT molecular complexity index is 776. The maximum absolute atomic E-state index is 12.8. The molecule has 0 rings (SSSR count). The van der Waals surface area contributed by atoms with E-state index in [0.717, 1.165) is 38.5 Å². The summed E-state index contributed by atoms with van der Waals surface area (Å²) < 4.78 is 21.1. The second kappa shape index (κ2) is 38.6. The zero-order chi connectivity index (χ0) is 38.3. The SMILES string of the molecule is CCCCCCCCCCCCCCCCCC(=O)OC(C(=O)OCC)C(OC(=O)CCCCCCCCCCCCCCCCC)C(=O)OCC. The van der Waals surface area contributed by atoms with Gasteiger partial charge in [-0.05, 0) is 26.7 Å². The first kappa shape index (κ1) is 49.9. The van der Waals surface area contributed by atoms with Crippen molar-refractivity contribution in [2.45, 2.75) is 245 Å². The Morgan fingerprint density at radius 2 is 0.538 bits per heavy atom. The zero-order valence-electron chi connectivity index (χ0n) is 34.5. The Hall–Kier alpha value is -2.12. The van der Waals surface area contributed by atoms with E-state index < -0.39 is 36.1 Å². The number of carbonyl (C=O) groups is 4. The van der Waals surface area contributed by atoms with Crippen molar-refractivity contribution >= 4 is 23.9 Å². The van der Waals surface area contributed by atoms with Gasteiger partial charge in [0.05, 0.1) is 13.2 Å². The fourth-order valence-electron chi connectivity index (χ4n) is 6.60. The number of unbranched alkanes of at least 4 members (excludes halogenated alkanes) is 28. The summed E-state index contributed by atoms with van der Waals surface area (Å²) in [5.41, 5.74) is 0. The maximum Gasteiger partial charge on any atom is 0.352 e. The van der Waals surface area contributed by atoms with Crippen LogP contribution in [0.3, 0.4) is 0 Å². The maximum atomic E-state index is 12.8. The Kier molecular flexibility index (Phi) is 37.0. The van der Waals surface area contributed by atoms with E-state index in [9.17, 15) is 19.2 Å². The average Bonchev–Trinajstić information content (AvgIpc) is 3.13. The van der Waals surface area contributed by atoms with Crippen LogP contribution in [0, 0.1) is 0 Å². The molecule has 0 aromatic heterocycles. The van der Waals surface area contributed by atoms with Gasteiger partial charge in [0.15, 0.2) is 0 Å². The lowest BCUT2D eigenvalue weighted by atomic mass is 10.0. The van der Waals surface area contributed by atoms with E-state index in [-0.39, 0.29) is 26.1 Å². The van der Waals surface area contributed by atoms with Crippen LogP contribution in [0.5, 0.6) is 0 Å². The molecule has 0 N–H and O–H groups in total. The summed E-state index contributed by atoms with van der Waals surface area (Å²) >= 11 is 0. The smallest absolute Gasteiger partial charge is 0.352 e. The largest absolute Gasteiger partial charge is 0.463 e. The monoisotopic (exact) mass is 739 g/mol. The van der Waals surface area contributed by atoms with E-state index in [1.807, 2.05) is 0 Å². The number of hydrogen-bond acceptors (Lipinski definition) is 8. The molecular weight excluding hydrogens is 656 g/mol. The van der Waals surface area contributed by atoms with E-state index in [1.165, 1.54) is 141 Å². The van der Waals surface area contributed by atoms with Gasteiger partial charge in [0, 0.05) is 12.8 Å². The second-order valence-electron chi connectivity index (χ2n) is 14.7. The number of esters is 4. The molecule has 0 saturated heterocycles. The summed E-state index contributed by atoms with van der Waals surface area (Å²) in [6.45, 7) is 7.79. The lowest BCUT2D eigenvalue weighted by Crippen LogP contribution is -2.47. The molecule has 0 fully saturated rings. The van der Waals surface area contributed by atoms with Crippen LogP contribution in [0.2, 0.25) is 0 Å². The lowest BCUT2D eigenvalue weighted by molar-refractivity contribution is -0.191. The van der Waals surface area contributed by atoms with E-state index in [0.29, 0.717) is 12.8 Å². The molecule has 0 aliphatic carbocycles. The van der Waals surface area contributed by atoms with Crippen LogP contribution in [0.4, 0.5) is 0 Å². The Labute approximate surface area is 320 Å². The molecule has 0 bridgehead atoms. The third-order valence-corrected chi connectivity index (χ3v) is 9.80. The van der Waals surface area contributed by atoms with Gasteiger partial charge in [-0.2, -0.15) is 0 Å². The highest BCUT2D eigenvalue weighted by molar-refractivity contribution is 5.89. The molecule has 8 nitrogen and oxygen atoms in total. The van der Waals surface area contributed by atoms with E-state index in [2.05, 4.69) is 13.8 Å². The highest BCUT2D eigenvalue weighted by Gasteiger charge is 2.42. The highest BCUT2D eigenvalue weighted by Crippen LogP contribution is 2.18. The Morgan fingerprint density at radius 3 is 0.750 bits per heavy atom. The second-order valence-corrected chi connectivity index (χ2v) is 14.7. The molecule has 8 heteroatoms. The van der Waals surface area contributed by atoms with Gasteiger partial charge >= 0.3 is 23.9 Å². The molecule has 306 valence electrons. The van der Waals surface area contributed by atoms with Crippen LogP contribution in [0.15, 0.2) is 0 Å². The fourth-order valence-corrected chi connectivity index (χ4v) is 6.60. The van der Waals surface area contributed by atoms with E-state index >= 15 is 0 Å². The van der Waals surface area contributed by atoms with Crippen LogP contribution < -0.4 is 0 Å². The van der Waals surface area contributed by atoms with Crippen molar-refractivity contribution in [2.75, 3.05) is 13.2 Å². The van der Waals surface area contributed by atoms with Crippen LogP contribution in [-0.2, 0) is 38.1 Å². The molecule has 0 aliphatic rings. The van der Waals surface area contributed by atoms with Crippen molar-refractivity contribution in [3.05, 3.63) is 0 Å². The minimum atomic E-state index is -1.70. The van der Waals surface area contributed by atoms with Gasteiger partial charge in [-0.1, -0.05) is 194 Å². The summed E-state index contributed by atoms with van der Waals surface area (Å²) in [7, 11) is 0. The molecule has 0 radical (unpaired) electrons. The third-order valence-electron chi connectivity index (χ3n) is 9.80. The predicted molar refractivity (Wildman–Crippen MR) is 212 cm³/mol. The van der Waals surface area contributed by atoms with Crippen LogP contribution in [0.25, 0.3) is 0 Å². The van der Waals surface area contributed by atoms with Gasteiger partial charge in [0.25, 0.3) is 0 Å². The van der Waals surface area contributed by atoms with Gasteiger partial charge in [-0.15, -0.1) is 0 Å². The fraction of sp³-hybridized carbons (Fsp3) is 0.909. The van der Waals surface area contributed by atoms with Crippen molar-refractivity contribution in [3.63, 3.8) is 0 Å². The van der Waals surface area contributed by atoms with E-state index in [1.54, 1.807) is 13.8 Å². The number of carbonyl (C=O) groups excluding carboxylic acids is 4. The topological polar surface area (TPSA) is 105 Å². The lowest BCUT2D eigenvalue weighted by Gasteiger charge is -2.24. The minimum absolute atomic E-state index is 0.0224. The predicted octanol–water partition coefficient (Wildman–Crippen LogP) is 12.5. The molecule has 0 aliphatic heterocycles. The Morgan fingerprint density at radius 1 is 0.327 bits per heavy atom. The minimum Gasteiger partial charge on any atom is -0.463 e. The van der Waals surface area contributed by atoms with Crippen molar-refractivity contribution in [1.29, 1.82) is 0 Å². The van der Waals surface area contributed by atoms with Gasteiger partial charge in [-0.25, -0.2) is 9.59 Å². The molecule has 52 heavy (non-hydrogen) atoms. The van der Waals surface area contributed by atoms with Gasteiger partial charge < -0.3 is 18.9 Å².